The van der Waals surface area contributed by atoms with Gasteiger partial charge in [-0.2, -0.15) is 17.6 Å². The molecule has 0 saturated heterocycles. The fourth-order valence-electron chi connectivity index (χ4n) is 5.45. The summed E-state index contributed by atoms with van der Waals surface area (Å²) in [7, 11) is 0. The van der Waals surface area contributed by atoms with Gasteiger partial charge in [0.15, 0.2) is 11.6 Å². The second-order valence-electron chi connectivity index (χ2n) is 10.0. The smallest absolute Gasteiger partial charge is 0.211 e. The zero-order chi connectivity index (χ0) is 28.0. The summed E-state index contributed by atoms with van der Waals surface area (Å²) in [5.74, 6) is -16.5. The van der Waals surface area contributed by atoms with E-state index < -0.39 is 69.2 Å². The van der Waals surface area contributed by atoms with E-state index in [9.17, 15) is 8.78 Å². The fourth-order valence-corrected chi connectivity index (χ4v) is 5.45. The second kappa shape index (κ2) is 10.3. The lowest BCUT2D eigenvalue weighted by Gasteiger charge is -2.41. The van der Waals surface area contributed by atoms with Crippen LogP contribution in [-0.4, -0.2) is 5.92 Å². The first-order valence-corrected chi connectivity index (χ1v) is 12.6. The van der Waals surface area contributed by atoms with E-state index in [1.165, 1.54) is 18.2 Å². The molecule has 0 radical (unpaired) electrons. The molecule has 2 aromatic carbocycles. The number of hydrogen-bond donors (Lipinski definition) is 0. The molecule has 8 heteroatoms. The van der Waals surface area contributed by atoms with Crippen LogP contribution in [0.5, 0.6) is 0 Å². The summed E-state index contributed by atoms with van der Waals surface area (Å²) >= 11 is 0. The summed E-state index contributed by atoms with van der Waals surface area (Å²) < 4.78 is 121. The Morgan fingerprint density at radius 2 is 1.37 bits per heavy atom. The number of rotatable bonds is 8. The summed E-state index contributed by atoms with van der Waals surface area (Å²) in [6.07, 6.45) is 3.63. The number of allylic oxidation sites excluding steroid dienone is 5. The van der Waals surface area contributed by atoms with Crippen LogP contribution in [0.25, 0.3) is 5.57 Å². The molecule has 0 bridgehead atoms. The Hall–Kier alpha value is -2.90. The molecule has 204 valence electrons. The van der Waals surface area contributed by atoms with Gasteiger partial charge in [0.25, 0.3) is 0 Å². The van der Waals surface area contributed by atoms with Gasteiger partial charge in [0.1, 0.15) is 11.6 Å². The van der Waals surface area contributed by atoms with Gasteiger partial charge in [0.05, 0.1) is 11.1 Å². The topological polar surface area (TPSA) is 0 Å². The molecule has 0 saturated carbocycles. The van der Waals surface area contributed by atoms with E-state index in [1.54, 1.807) is 19.9 Å². The van der Waals surface area contributed by atoms with E-state index in [2.05, 4.69) is 6.58 Å². The Kier molecular flexibility index (Phi) is 7.65. The van der Waals surface area contributed by atoms with Crippen molar-refractivity contribution in [2.24, 2.45) is 11.8 Å². The Balaban J connectivity index is 1.73. The summed E-state index contributed by atoms with van der Waals surface area (Å²) in [5.41, 5.74) is -4.11. The van der Waals surface area contributed by atoms with Gasteiger partial charge in [0.2, 0.25) is 0 Å². The molecule has 0 spiro atoms. The average molecular weight is 541 g/mol. The van der Waals surface area contributed by atoms with E-state index in [0.717, 1.165) is 12.1 Å². The summed E-state index contributed by atoms with van der Waals surface area (Å²) in [6, 6.07) is 4.95. The van der Waals surface area contributed by atoms with Gasteiger partial charge in [-0.05, 0) is 65.8 Å². The van der Waals surface area contributed by atoms with E-state index in [0.29, 0.717) is 12.8 Å². The van der Waals surface area contributed by atoms with E-state index >= 15 is 26.3 Å². The molecular weight excluding hydrogens is 512 g/mol. The number of hydrogen-bond acceptors (Lipinski definition) is 0. The quantitative estimate of drug-likeness (QED) is 0.231. The maximum absolute atomic E-state index is 15.5. The highest BCUT2D eigenvalue weighted by Crippen LogP contribution is 2.61. The average Bonchev–Trinajstić information content (AvgIpc) is 2.85. The van der Waals surface area contributed by atoms with Crippen molar-refractivity contribution in [3.8, 4) is 0 Å². The molecule has 4 rings (SSSR count). The van der Waals surface area contributed by atoms with Crippen molar-refractivity contribution >= 4 is 5.57 Å². The largest absolute Gasteiger partial charge is 0.343 e. The predicted octanol–water partition coefficient (Wildman–Crippen LogP) is 9.42. The highest BCUT2D eigenvalue weighted by molar-refractivity contribution is 5.87. The van der Waals surface area contributed by atoms with Crippen molar-refractivity contribution < 1.29 is 35.1 Å². The van der Waals surface area contributed by atoms with Crippen LogP contribution >= 0.6 is 0 Å². The number of fused-ring (bicyclic) bond motifs is 3. The molecule has 0 amide bonds. The molecule has 0 nitrogen and oxygen atoms in total. The molecular formula is C30H28F8. The Labute approximate surface area is 216 Å². The molecule has 38 heavy (non-hydrogen) atoms. The van der Waals surface area contributed by atoms with Crippen molar-refractivity contribution in [2.75, 3.05) is 0 Å². The number of halogens is 8. The minimum atomic E-state index is -5.02. The first kappa shape index (κ1) is 28.1. The molecule has 2 atom stereocenters. The first-order chi connectivity index (χ1) is 17.9. The predicted molar refractivity (Wildman–Crippen MR) is 131 cm³/mol. The SMILES string of the molecule is C=CCCc1ccc(CCc2ccc3c(c2F)C(F)(F)C(F)(F)C2=C(F)C(CCC)C(C)C=C23)c(F)c1F. The number of aryl methyl sites for hydroxylation is 3. The summed E-state index contributed by atoms with van der Waals surface area (Å²) in [6.45, 7) is 6.87. The Bertz CT molecular complexity index is 1320. The van der Waals surface area contributed by atoms with Crippen LogP contribution in [-0.2, 0) is 25.2 Å². The Morgan fingerprint density at radius 1 is 0.816 bits per heavy atom. The van der Waals surface area contributed by atoms with Crippen LogP contribution < -0.4 is 0 Å². The van der Waals surface area contributed by atoms with Crippen LogP contribution in [0.1, 0.15) is 60.9 Å². The van der Waals surface area contributed by atoms with Gasteiger partial charge in [-0.15, -0.1) is 6.58 Å². The minimum absolute atomic E-state index is 0.0999. The van der Waals surface area contributed by atoms with Crippen molar-refractivity contribution in [3.63, 3.8) is 0 Å². The first-order valence-electron chi connectivity index (χ1n) is 12.6. The number of alkyl halides is 4. The van der Waals surface area contributed by atoms with Crippen molar-refractivity contribution in [3.05, 3.63) is 99.7 Å². The molecule has 2 aliphatic carbocycles. The third-order valence-corrected chi connectivity index (χ3v) is 7.56. The lowest BCUT2D eigenvalue weighted by atomic mass is 9.70. The fraction of sp³-hybridized carbons (Fsp3) is 0.400. The van der Waals surface area contributed by atoms with E-state index in [-0.39, 0.29) is 42.4 Å². The van der Waals surface area contributed by atoms with Crippen LogP contribution in [0.15, 0.2) is 54.4 Å². The molecule has 2 unspecified atom stereocenters. The molecule has 0 heterocycles. The van der Waals surface area contributed by atoms with Crippen molar-refractivity contribution in [1.82, 2.24) is 0 Å². The van der Waals surface area contributed by atoms with Gasteiger partial charge in [0, 0.05) is 5.92 Å². The van der Waals surface area contributed by atoms with Gasteiger partial charge in [-0.3, -0.25) is 0 Å². The molecule has 0 aromatic heterocycles. The second-order valence-corrected chi connectivity index (χ2v) is 10.0. The van der Waals surface area contributed by atoms with Gasteiger partial charge in [-0.1, -0.05) is 56.7 Å². The normalized spacial score (nSPS) is 21.6. The van der Waals surface area contributed by atoms with Crippen LogP contribution in [0.2, 0.25) is 0 Å². The van der Waals surface area contributed by atoms with Crippen LogP contribution in [0, 0.1) is 29.3 Å². The van der Waals surface area contributed by atoms with Crippen LogP contribution in [0.3, 0.4) is 0 Å². The molecule has 0 N–H and O–H groups in total. The molecule has 0 aliphatic heterocycles. The number of benzene rings is 2. The monoisotopic (exact) mass is 540 g/mol. The highest BCUT2D eigenvalue weighted by Gasteiger charge is 2.67. The van der Waals surface area contributed by atoms with Crippen molar-refractivity contribution in [2.45, 2.75) is 64.2 Å². The lowest BCUT2D eigenvalue weighted by Crippen LogP contribution is -2.46. The van der Waals surface area contributed by atoms with Gasteiger partial charge < -0.3 is 0 Å². The summed E-state index contributed by atoms with van der Waals surface area (Å²) in [4.78, 5) is 0. The highest BCUT2D eigenvalue weighted by atomic mass is 19.3. The van der Waals surface area contributed by atoms with Crippen molar-refractivity contribution in [1.29, 1.82) is 0 Å². The van der Waals surface area contributed by atoms with Gasteiger partial charge in [-0.25, -0.2) is 17.6 Å². The Morgan fingerprint density at radius 3 is 1.95 bits per heavy atom. The third-order valence-electron chi connectivity index (χ3n) is 7.56. The maximum Gasteiger partial charge on any atom is 0.343 e. The lowest BCUT2D eigenvalue weighted by molar-refractivity contribution is -0.196. The third kappa shape index (κ3) is 4.39. The standard InChI is InChI=1S/C30H28F8/c1-4-6-8-17-9-11-19(27(33)26(17)32)12-10-18-13-14-21-22-15-16(3)20(7-5-2)28(34)24(22)30(37,38)29(35,36)23(21)25(18)31/h4,9,11,13-16,20H,1,5-8,10,12H2,2-3H3. The molecule has 2 aliphatic rings. The van der Waals surface area contributed by atoms with Crippen LogP contribution in [0.4, 0.5) is 35.1 Å². The van der Waals surface area contributed by atoms with E-state index in [4.69, 9.17) is 0 Å². The maximum atomic E-state index is 15.5. The minimum Gasteiger partial charge on any atom is -0.211 e. The van der Waals surface area contributed by atoms with E-state index in [1.807, 2.05) is 0 Å². The van der Waals surface area contributed by atoms with Gasteiger partial charge >= 0.3 is 11.8 Å². The zero-order valence-electron chi connectivity index (χ0n) is 21.1. The zero-order valence-corrected chi connectivity index (χ0v) is 21.1. The molecule has 0 fully saturated rings. The summed E-state index contributed by atoms with van der Waals surface area (Å²) in [5, 5.41) is 0. The molecule has 2 aromatic rings.